The van der Waals surface area contributed by atoms with Gasteiger partial charge in [0.1, 0.15) is 5.75 Å². The van der Waals surface area contributed by atoms with Crippen molar-refractivity contribution in [1.82, 2.24) is 9.55 Å². The molecule has 1 aromatic carbocycles. The molecule has 0 fully saturated rings. The average Bonchev–Trinajstić information content (AvgIpc) is 2.85. The first-order valence-corrected chi connectivity index (χ1v) is 5.16. The quantitative estimate of drug-likeness (QED) is 0.843. The summed E-state index contributed by atoms with van der Waals surface area (Å²) in [5.41, 5.74) is 6.94. The number of imidazole rings is 1. The summed E-state index contributed by atoms with van der Waals surface area (Å²) in [5, 5.41) is 0. The van der Waals surface area contributed by atoms with Gasteiger partial charge < -0.3 is 15.0 Å². The Balaban J connectivity index is 2.27. The predicted molar refractivity (Wildman–Crippen MR) is 62.4 cm³/mol. The van der Waals surface area contributed by atoms with Crippen LogP contribution in [0.2, 0.25) is 0 Å². The molecule has 4 heteroatoms. The molecule has 16 heavy (non-hydrogen) atoms. The van der Waals surface area contributed by atoms with E-state index < -0.39 is 0 Å². The summed E-state index contributed by atoms with van der Waals surface area (Å²) in [6, 6.07) is 8.06. The molecule has 2 rings (SSSR count). The zero-order valence-corrected chi connectivity index (χ0v) is 9.21. The van der Waals surface area contributed by atoms with Crippen LogP contribution in [0.4, 0.5) is 0 Å². The van der Waals surface area contributed by atoms with Gasteiger partial charge in [-0.25, -0.2) is 4.98 Å². The summed E-state index contributed by atoms with van der Waals surface area (Å²) in [7, 11) is 1.66. The molecule has 1 aromatic heterocycles. The van der Waals surface area contributed by atoms with Gasteiger partial charge in [-0.05, 0) is 17.7 Å². The smallest absolute Gasteiger partial charge is 0.118 e. The van der Waals surface area contributed by atoms with E-state index >= 15 is 0 Å². The standard InChI is InChI=1S/C12H15N3O/c1-16-11-4-2-10(3-5-11)12(8-13)15-7-6-14-9-15/h2-7,9,12H,8,13H2,1H3. The van der Waals surface area contributed by atoms with E-state index in [9.17, 15) is 0 Å². The van der Waals surface area contributed by atoms with Crippen LogP contribution in [0.1, 0.15) is 11.6 Å². The van der Waals surface area contributed by atoms with Gasteiger partial charge >= 0.3 is 0 Å². The van der Waals surface area contributed by atoms with Crippen molar-refractivity contribution < 1.29 is 4.74 Å². The topological polar surface area (TPSA) is 53.1 Å². The molecule has 0 aliphatic carbocycles. The zero-order valence-electron chi connectivity index (χ0n) is 9.21. The first-order valence-electron chi connectivity index (χ1n) is 5.16. The highest BCUT2D eigenvalue weighted by molar-refractivity contribution is 5.29. The van der Waals surface area contributed by atoms with E-state index in [0.717, 1.165) is 11.3 Å². The Morgan fingerprint density at radius 1 is 1.38 bits per heavy atom. The highest BCUT2D eigenvalue weighted by atomic mass is 16.5. The molecule has 0 aliphatic rings. The highest BCUT2D eigenvalue weighted by Gasteiger charge is 2.10. The molecule has 2 N–H and O–H groups in total. The van der Waals surface area contributed by atoms with Gasteiger partial charge in [0.2, 0.25) is 0 Å². The summed E-state index contributed by atoms with van der Waals surface area (Å²) in [6.45, 7) is 0.544. The van der Waals surface area contributed by atoms with Gasteiger partial charge in [-0.15, -0.1) is 0 Å². The summed E-state index contributed by atoms with van der Waals surface area (Å²) in [6.07, 6.45) is 5.45. The average molecular weight is 217 g/mol. The minimum atomic E-state index is 0.133. The van der Waals surface area contributed by atoms with Crippen LogP contribution in [0.5, 0.6) is 5.75 Å². The van der Waals surface area contributed by atoms with Crippen LogP contribution in [0.15, 0.2) is 43.0 Å². The molecule has 0 spiro atoms. The number of aromatic nitrogens is 2. The van der Waals surface area contributed by atoms with Crippen molar-refractivity contribution in [2.75, 3.05) is 13.7 Å². The van der Waals surface area contributed by atoms with Gasteiger partial charge in [-0.3, -0.25) is 0 Å². The maximum atomic E-state index is 5.79. The van der Waals surface area contributed by atoms with Crippen molar-refractivity contribution in [2.45, 2.75) is 6.04 Å². The number of hydrogen-bond donors (Lipinski definition) is 1. The molecule has 0 saturated heterocycles. The fourth-order valence-corrected chi connectivity index (χ4v) is 1.71. The number of nitrogens with zero attached hydrogens (tertiary/aromatic N) is 2. The van der Waals surface area contributed by atoms with E-state index in [4.69, 9.17) is 10.5 Å². The lowest BCUT2D eigenvalue weighted by Gasteiger charge is -2.16. The van der Waals surface area contributed by atoms with Crippen molar-refractivity contribution in [2.24, 2.45) is 5.73 Å². The van der Waals surface area contributed by atoms with Crippen molar-refractivity contribution in [3.63, 3.8) is 0 Å². The van der Waals surface area contributed by atoms with E-state index in [-0.39, 0.29) is 6.04 Å². The minimum absolute atomic E-state index is 0.133. The Labute approximate surface area is 94.7 Å². The molecule has 1 atom stereocenters. The molecule has 0 aliphatic heterocycles. The van der Waals surface area contributed by atoms with Crippen LogP contribution in [-0.2, 0) is 0 Å². The summed E-state index contributed by atoms with van der Waals surface area (Å²) in [4.78, 5) is 4.03. The van der Waals surface area contributed by atoms with Crippen LogP contribution in [0.3, 0.4) is 0 Å². The SMILES string of the molecule is COc1ccc(C(CN)n2ccnc2)cc1. The number of hydrogen-bond acceptors (Lipinski definition) is 3. The predicted octanol–water partition coefficient (Wildman–Crippen LogP) is 1.44. The second-order valence-corrected chi connectivity index (χ2v) is 3.53. The minimum Gasteiger partial charge on any atom is -0.497 e. The second-order valence-electron chi connectivity index (χ2n) is 3.53. The molecular formula is C12H15N3O. The largest absolute Gasteiger partial charge is 0.497 e. The van der Waals surface area contributed by atoms with Crippen LogP contribution in [0.25, 0.3) is 0 Å². The number of methoxy groups -OCH3 is 1. The molecule has 1 unspecified atom stereocenters. The van der Waals surface area contributed by atoms with Gasteiger partial charge in [0, 0.05) is 18.9 Å². The lowest BCUT2D eigenvalue weighted by Crippen LogP contribution is -2.19. The Hall–Kier alpha value is -1.81. The third kappa shape index (κ3) is 2.06. The van der Waals surface area contributed by atoms with Crippen molar-refractivity contribution in [1.29, 1.82) is 0 Å². The molecule has 0 saturated carbocycles. The summed E-state index contributed by atoms with van der Waals surface area (Å²) < 4.78 is 7.12. The lowest BCUT2D eigenvalue weighted by atomic mass is 10.1. The van der Waals surface area contributed by atoms with Crippen LogP contribution in [0, 0.1) is 0 Å². The maximum Gasteiger partial charge on any atom is 0.118 e. The lowest BCUT2D eigenvalue weighted by molar-refractivity contribution is 0.414. The third-order valence-corrected chi connectivity index (χ3v) is 2.61. The molecular weight excluding hydrogens is 202 g/mol. The van der Waals surface area contributed by atoms with Crippen LogP contribution < -0.4 is 10.5 Å². The third-order valence-electron chi connectivity index (χ3n) is 2.61. The maximum absolute atomic E-state index is 5.79. The van der Waals surface area contributed by atoms with E-state index in [0.29, 0.717) is 6.54 Å². The first kappa shape index (κ1) is 10.7. The number of rotatable bonds is 4. The number of benzene rings is 1. The van der Waals surface area contributed by atoms with E-state index in [1.54, 1.807) is 19.6 Å². The Morgan fingerprint density at radius 3 is 2.62 bits per heavy atom. The molecule has 0 bridgehead atoms. The van der Waals surface area contributed by atoms with E-state index in [1.165, 1.54) is 0 Å². The molecule has 4 nitrogen and oxygen atoms in total. The highest BCUT2D eigenvalue weighted by Crippen LogP contribution is 2.20. The summed E-state index contributed by atoms with van der Waals surface area (Å²) in [5.74, 6) is 0.852. The number of nitrogens with two attached hydrogens (primary N) is 1. The number of ether oxygens (including phenoxy) is 1. The Morgan fingerprint density at radius 2 is 2.12 bits per heavy atom. The van der Waals surface area contributed by atoms with Gasteiger partial charge in [0.15, 0.2) is 0 Å². The normalized spacial score (nSPS) is 12.4. The van der Waals surface area contributed by atoms with E-state index in [1.807, 2.05) is 35.0 Å². The van der Waals surface area contributed by atoms with E-state index in [2.05, 4.69) is 4.98 Å². The molecule has 0 radical (unpaired) electrons. The fraction of sp³-hybridized carbons (Fsp3) is 0.250. The first-order chi connectivity index (χ1) is 7.85. The zero-order chi connectivity index (χ0) is 11.4. The molecule has 1 heterocycles. The Bertz CT molecular complexity index is 422. The Kier molecular flexibility index (Phi) is 3.22. The molecule has 84 valence electrons. The van der Waals surface area contributed by atoms with Gasteiger partial charge in [-0.1, -0.05) is 12.1 Å². The van der Waals surface area contributed by atoms with Gasteiger partial charge in [-0.2, -0.15) is 0 Å². The van der Waals surface area contributed by atoms with Crippen molar-refractivity contribution >= 4 is 0 Å². The van der Waals surface area contributed by atoms with Crippen LogP contribution in [-0.4, -0.2) is 23.2 Å². The second kappa shape index (κ2) is 4.81. The van der Waals surface area contributed by atoms with Gasteiger partial charge in [0.25, 0.3) is 0 Å². The van der Waals surface area contributed by atoms with Crippen LogP contribution >= 0.6 is 0 Å². The fourth-order valence-electron chi connectivity index (χ4n) is 1.71. The summed E-state index contributed by atoms with van der Waals surface area (Å²) >= 11 is 0. The van der Waals surface area contributed by atoms with Crippen molar-refractivity contribution in [3.8, 4) is 5.75 Å². The molecule has 0 amide bonds. The van der Waals surface area contributed by atoms with Crippen molar-refractivity contribution in [3.05, 3.63) is 48.5 Å². The monoisotopic (exact) mass is 217 g/mol. The van der Waals surface area contributed by atoms with Gasteiger partial charge in [0.05, 0.1) is 19.5 Å². The molecule has 2 aromatic rings.